The Kier molecular flexibility index (Phi) is 3.69. The molecular formula is C16H10Cl2N4S. The average Bonchev–Trinajstić information content (AvgIpc) is 3.18. The molecule has 23 heavy (non-hydrogen) atoms. The zero-order valence-corrected chi connectivity index (χ0v) is 14.0. The summed E-state index contributed by atoms with van der Waals surface area (Å²) in [4.78, 5) is 4.62. The molecule has 0 saturated heterocycles. The third kappa shape index (κ3) is 2.67. The summed E-state index contributed by atoms with van der Waals surface area (Å²) in [5.74, 6) is 0. The highest BCUT2D eigenvalue weighted by molar-refractivity contribution is 7.14. The summed E-state index contributed by atoms with van der Waals surface area (Å²) in [6.07, 6.45) is 3.73. The van der Waals surface area contributed by atoms with E-state index in [0.29, 0.717) is 10.0 Å². The van der Waals surface area contributed by atoms with Gasteiger partial charge >= 0.3 is 0 Å². The second-order valence-electron chi connectivity index (χ2n) is 4.85. The predicted molar refractivity (Wildman–Crippen MR) is 96.0 cm³/mol. The van der Waals surface area contributed by atoms with Crippen molar-refractivity contribution < 1.29 is 0 Å². The summed E-state index contributed by atoms with van der Waals surface area (Å²) in [6, 6.07) is 11.4. The van der Waals surface area contributed by atoms with Crippen molar-refractivity contribution in [3.05, 3.63) is 64.2 Å². The van der Waals surface area contributed by atoms with E-state index in [1.807, 2.05) is 52.6 Å². The first-order valence-corrected chi connectivity index (χ1v) is 8.45. The lowest BCUT2D eigenvalue weighted by molar-refractivity contribution is 0.961. The molecule has 1 N–H and O–H groups in total. The molecule has 7 heteroatoms. The van der Waals surface area contributed by atoms with Crippen molar-refractivity contribution in [3.8, 4) is 11.3 Å². The van der Waals surface area contributed by atoms with Crippen LogP contribution in [-0.4, -0.2) is 14.6 Å². The molecule has 0 saturated carbocycles. The lowest BCUT2D eigenvalue weighted by atomic mass is 10.2. The molecule has 0 unspecified atom stereocenters. The van der Waals surface area contributed by atoms with E-state index < -0.39 is 0 Å². The van der Waals surface area contributed by atoms with Gasteiger partial charge in [0.05, 0.1) is 33.1 Å². The van der Waals surface area contributed by atoms with Crippen molar-refractivity contribution in [2.45, 2.75) is 0 Å². The number of nitrogens with one attached hydrogen (secondary N) is 1. The Bertz CT molecular complexity index is 993. The maximum Gasteiger partial charge on any atom is 0.187 e. The van der Waals surface area contributed by atoms with Crippen LogP contribution in [0.1, 0.15) is 0 Å². The summed E-state index contributed by atoms with van der Waals surface area (Å²) in [7, 11) is 0. The van der Waals surface area contributed by atoms with Crippen LogP contribution < -0.4 is 5.32 Å². The van der Waals surface area contributed by atoms with Crippen LogP contribution in [0.2, 0.25) is 10.0 Å². The zero-order valence-electron chi connectivity index (χ0n) is 11.7. The van der Waals surface area contributed by atoms with E-state index in [0.717, 1.165) is 27.6 Å². The Morgan fingerprint density at radius 3 is 2.91 bits per heavy atom. The minimum Gasteiger partial charge on any atom is -0.330 e. The highest BCUT2D eigenvalue weighted by Gasteiger charge is 2.11. The molecule has 1 aromatic carbocycles. The number of nitrogens with zero attached hydrogens (tertiary/aromatic N) is 3. The molecule has 0 atom stereocenters. The van der Waals surface area contributed by atoms with Gasteiger partial charge in [-0.25, -0.2) is 9.50 Å². The lowest BCUT2D eigenvalue weighted by Gasteiger charge is -2.05. The molecule has 0 radical (unpaired) electrons. The number of hydrogen-bond acceptors (Lipinski definition) is 4. The normalized spacial score (nSPS) is 11.0. The van der Waals surface area contributed by atoms with Gasteiger partial charge in [-0.2, -0.15) is 5.10 Å². The van der Waals surface area contributed by atoms with Gasteiger partial charge in [-0.05, 0) is 24.3 Å². The van der Waals surface area contributed by atoms with Crippen LogP contribution in [0, 0.1) is 0 Å². The SMILES string of the molecule is Clc1cccc(Nc2nc(-c3cnn4ccccc34)cs2)c1Cl. The molecule has 0 bridgehead atoms. The van der Waals surface area contributed by atoms with Crippen LogP contribution in [0.3, 0.4) is 0 Å². The van der Waals surface area contributed by atoms with E-state index in [9.17, 15) is 0 Å². The third-order valence-corrected chi connectivity index (χ3v) is 4.98. The van der Waals surface area contributed by atoms with Crippen molar-refractivity contribution in [2.24, 2.45) is 0 Å². The van der Waals surface area contributed by atoms with E-state index in [-0.39, 0.29) is 0 Å². The molecule has 0 aliphatic rings. The maximum absolute atomic E-state index is 6.20. The highest BCUT2D eigenvalue weighted by Crippen LogP contribution is 2.34. The topological polar surface area (TPSA) is 42.2 Å². The van der Waals surface area contributed by atoms with E-state index in [1.54, 1.807) is 6.07 Å². The molecule has 3 heterocycles. The number of fused-ring (bicyclic) bond motifs is 1. The number of hydrogen-bond donors (Lipinski definition) is 1. The second-order valence-corrected chi connectivity index (χ2v) is 6.50. The first-order valence-electron chi connectivity index (χ1n) is 6.82. The van der Waals surface area contributed by atoms with Gasteiger partial charge in [0.25, 0.3) is 0 Å². The van der Waals surface area contributed by atoms with E-state index in [4.69, 9.17) is 23.2 Å². The van der Waals surface area contributed by atoms with Crippen molar-refractivity contribution in [1.29, 1.82) is 0 Å². The highest BCUT2D eigenvalue weighted by atomic mass is 35.5. The van der Waals surface area contributed by atoms with Gasteiger partial charge in [-0.15, -0.1) is 11.3 Å². The monoisotopic (exact) mass is 360 g/mol. The first kappa shape index (κ1) is 14.5. The fraction of sp³-hybridized carbons (Fsp3) is 0. The summed E-state index contributed by atoms with van der Waals surface area (Å²) < 4.78 is 1.83. The molecule has 0 spiro atoms. The fourth-order valence-electron chi connectivity index (χ4n) is 2.30. The minimum atomic E-state index is 0.488. The van der Waals surface area contributed by atoms with Crippen molar-refractivity contribution in [1.82, 2.24) is 14.6 Å². The number of thiazole rings is 1. The molecule has 4 rings (SSSR count). The molecule has 4 aromatic rings. The van der Waals surface area contributed by atoms with Gasteiger partial charge in [0.1, 0.15) is 0 Å². The van der Waals surface area contributed by atoms with Crippen molar-refractivity contribution in [3.63, 3.8) is 0 Å². The summed E-state index contributed by atoms with van der Waals surface area (Å²) in [5, 5.41) is 11.3. The summed E-state index contributed by atoms with van der Waals surface area (Å²) in [6.45, 7) is 0. The van der Waals surface area contributed by atoms with Crippen molar-refractivity contribution in [2.75, 3.05) is 5.32 Å². The van der Waals surface area contributed by atoms with Gasteiger partial charge in [0.15, 0.2) is 5.13 Å². The number of pyridine rings is 1. The number of halogens is 2. The molecule has 3 aromatic heterocycles. The van der Waals surface area contributed by atoms with Crippen molar-refractivity contribution >= 4 is 50.9 Å². The molecule has 0 aliphatic heterocycles. The number of rotatable bonds is 3. The van der Waals surface area contributed by atoms with Gasteiger partial charge in [-0.3, -0.25) is 0 Å². The standard InChI is InChI=1S/C16H10Cl2N4S/c17-11-4-3-5-12(15(11)18)20-16-21-13(9-23-16)10-8-19-22-7-2-1-6-14(10)22/h1-9H,(H,20,21). The zero-order chi connectivity index (χ0) is 15.8. The Balaban J connectivity index is 1.68. The number of aromatic nitrogens is 3. The van der Waals surface area contributed by atoms with Gasteiger partial charge in [0.2, 0.25) is 0 Å². The third-order valence-electron chi connectivity index (χ3n) is 3.40. The molecular weight excluding hydrogens is 351 g/mol. The smallest absolute Gasteiger partial charge is 0.187 e. The average molecular weight is 361 g/mol. The molecule has 0 aliphatic carbocycles. The Labute approximate surface area is 146 Å². The lowest BCUT2D eigenvalue weighted by Crippen LogP contribution is -1.91. The summed E-state index contributed by atoms with van der Waals surface area (Å²) in [5.41, 5.74) is 3.62. The van der Waals surface area contributed by atoms with E-state index >= 15 is 0 Å². The largest absolute Gasteiger partial charge is 0.330 e. The fourth-order valence-corrected chi connectivity index (χ4v) is 3.37. The Morgan fingerprint density at radius 1 is 1.09 bits per heavy atom. The second kappa shape index (κ2) is 5.85. The number of benzene rings is 1. The van der Waals surface area contributed by atoms with Crippen LogP contribution >= 0.6 is 34.5 Å². The molecule has 0 fully saturated rings. The maximum atomic E-state index is 6.20. The van der Waals surface area contributed by atoms with E-state index in [2.05, 4.69) is 15.4 Å². The minimum absolute atomic E-state index is 0.488. The Hall–Kier alpha value is -2.08. The van der Waals surface area contributed by atoms with Crippen LogP contribution in [0.5, 0.6) is 0 Å². The molecule has 0 amide bonds. The number of anilines is 2. The summed E-state index contributed by atoms with van der Waals surface area (Å²) >= 11 is 13.7. The van der Waals surface area contributed by atoms with Gasteiger partial charge in [-0.1, -0.05) is 35.3 Å². The van der Waals surface area contributed by atoms with Crippen LogP contribution in [0.4, 0.5) is 10.8 Å². The quantitative estimate of drug-likeness (QED) is 0.523. The molecule has 4 nitrogen and oxygen atoms in total. The molecule has 114 valence electrons. The van der Waals surface area contributed by atoms with Crippen LogP contribution in [-0.2, 0) is 0 Å². The predicted octanol–water partition coefficient (Wildman–Crippen LogP) is 5.51. The Morgan fingerprint density at radius 2 is 2.00 bits per heavy atom. The van der Waals surface area contributed by atoms with Crippen LogP contribution in [0.25, 0.3) is 16.8 Å². The van der Waals surface area contributed by atoms with Gasteiger partial charge in [0, 0.05) is 17.1 Å². The first-order chi connectivity index (χ1) is 11.2. The van der Waals surface area contributed by atoms with Gasteiger partial charge < -0.3 is 5.32 Å². The van der Waals surface area contributed by atoms with E-state index in [1.165, 1.54) is 11.3 Å². The van der Waals surface area contributed by atoms with Crippen LogP contribution in [0.15, 0.2) is 54.2 Å².